The molecule has 0 bridgehead atoms. The van der Waals surface area contributed by atoms with Crippen molar-refractivity contribution in [2.24, 2.45) is 0 Å². The predicted molar refractivity (Wildman–Crippen MR) is 119 cm³/mol. The molecule has 0 fully saturated rings. The van der Waals surface area contributed by atoms with Crippen molar-refractivity contribution in [3.05, 3.63) is 91.0 Å². The van der Waals surface area contributed by atoms with E-state index in [1.807, 2.05) is 78.9 Å². The van der Waals surface area contributed by atoms with Crippen molar-refractivity contribution in [1.82, 2.24) is 0 Å². The molecule has 0 spiro atoms. The van der Waals surface area contributed by atoms with Gasteiger partial charge in [-0.2, -0.15) is 0 Å². The second-order valence-corrected chi connectivity index (χ2v) is 15.3. The SMILES string of the molecule is C[Si](C)(c1ccccc1)[C@@H](CO)CP(=O)(c1ccccc1)c1ccccc1. The molecule has 0 aliphatic heterocycles. The molecule has 3 aromatic rings. The number of benzene rings is 3. The summed E-state index contributed by atoms with van der Waals surface area (Å²) in [5.41, 5.74) is 0.00569. The molecule has 0 aliphatic rings. The average Bonchev–Trinajstić information content (AvgIpc) is 2.73. The molecule has 2 nitrogen and oxygen atoms in total. The summed E-state index contributed by atoms with van der Waals surface area (Å²) in [6.45, 7) is 4.59. The van der Waals surface area contributed by atoms with Gasteiger partial charge in [0.05, 0.1) is 8.07 Å². The van der Waals surface area contributed by atoms with Crippen LogP contribution in [0.1, 0.15) is 0 Å². The van der Waals surface area contributed by atoms with Gasteiger partial charge in [-0.1, -0.05) is 109 Å². The Morgan fingerprint density at radius 1 is 0.778 bits per heavy atom. The van der Waals surface area contributed by atoms with E-state index in [9.17, 15) is 9.67 Å². The highest BCUT2D eigenvalue weighted by Gasteiger charge is 2.39. The second kappa shape index (κ2) is 8.39. The van der Waals surface area contributed by atoms with E-state index >= 15 is 0 Å². The summed E-state index contributed by atoms with van der Waals surface area (Å²) >= 11 is 0. The van der Waals surface area contributed by atoms with Gasteiger partial charge in [0.1, 0.15) is 7.14 Å². The van der Waals surface area contributed by atoms with E-state index in [0.29, 0.717) is 6.16 Å². The Morgan fingerprint density at radius 2 is 1.19 bits per heavy atom. The number of hydrogen-bond donors (Lipinski definition) is 1. The molecule has 0 unspecified atom stereocenters. The fourth-order valence-electron chi connectivity index (χ4n) is 3.63. The smallest absolute Gasteiger partial charge is 0.143 e. The van der Waals surface area contributed by atoms with Gasteiger partial charge in [0, 0.05) is 23.4 Å². The molecule has 27 heavy (non-hydrogen) atoms. The lowest BCUT2D eigenvalue weighted by atomic mass is 10.4. The molecule has 0 radical (unpaired) electrons. The van der Waals surface area contributed by atoms with Crippen LogP contribution >= 0.6 is 7.14 Å². The van der Waals surface area contributed by atoms with E-state index in [2.05, 4.69) is 25.2 Å². The quantitative estimate of drug-likeness (QED) is 0.486. The van der Waals surface area contributed by atoms with E-state index < -0.39 is 15.2 Å². The van der Waals surface area contributed by atoms with Crippen LogP contribution in [0.4, 0.5) is 0 Å². The van der Waals surface area contributed by atoms with Gasteiger partial charge in [0.25, 0.3) is 0 Å². The average molecular weight is 395 g/mol. The Balaban J connectivity index is 2.05. The Morgan fingerprint density at radius 3 is 1.59 bits per heavy atom. The Labute approximate surface area is 163 Å². The Bertz CT molecular complexity index is 852. The highest BCUT2D eigenvalue weighted by Crippen LogP contribution is 2.48. The van der Waals surface area contributed by atoms with Crippen LogP contribution in [-0.4, -0.2) is 25.9 Å². The number of rotatable bonds is 7. The van der Waals surface area contributed by atoms with E-state index in [4.69, 9.17) is 0 Å². The van der Waals surface area contributed by atoms with E-state index in [0.717, 1.165) is 10.6 Å². The number of aliphatic hydroxyl groups is 1. The maximum Gasteiger partial charge on any atom is 0.143 e. The predicted octanol–water partition coefficient (Wildman–Crippen LogP) is 3.98. The molecule has 1 atom stereocenters. The number of hydrogen-bond acceptors (Lipinski definition) is 2. The van der Waals surface area contributed by atoms with Crippen LogP contribution in [0.5, 0.6) is 0 Å². The molecule has 4 heteroatoms. The maximum absolute atomic E-state index is 14.4. The largest absolute Gasteiger partial charge is 0.396 e. The molecule has 0 saturated carbocycles. The topological polar surface area (TPSA) is 37.3 Å². The molecule has 0 aromatic heterocycles. The third kappa shape index (κ3) is 4.16. The fourth-order valence-corrected chi connectivity index (χ4v) is 11.0. The maximum atomic E-state index is 14.4. The summed E-state index contributed by atoms with van der Waals surface area (Å²) in [7, 11) is -4.85. The zero-order chi connectivity index (χ0) is 19.3. The molecule has 1 N–H and O–H groups in total. The summed E-state index contributed by atoms with van der Waals surface area (Å²) < 4.78 is 14.4. The van der Waals surface area contributed by atoms with Crippen molar-refractivity contribution >= 4 is 31.0 Å². The first-order valence-corrected chi connectivity index (χ1v) is 14.3. The van der Waals surface area contributed by atoms with Crippen molar-refractivity contribution in [2.75, 3.05) is 12.8 Å². The summed E-state index contributed by atoms with van der Waals surface area (Å²) in [4.78, 5) is 0. The third-order valence-electron chi connectivity index (χ3n) is 5.58. The Kier molecular flexibility index (Phi) is 6.16. The van der Waals surface area contributed by atoms with Gasteiger partial charge in [0.15, 0.2) is 0 Å². The van der Waals surface area contributed by atoms with Crippen LogP contribution in [0.2, 0.25) is 18.6 Å². The number of aliphatic hydroxyl groups excluding tert-OH is 1. The molecule has 3 aromatic carbocycles. The third-order valence-corrected chi connectivity index (χ3v) is 13.4. The van der Waals surface area contributed by atoms with Gasteiger partial charge in [-0.3, -0.25) is 0 Å². The van der Waals surface area contributed by atoms with Gasteiger partial charge in [-0.15, -0.1) is 0 Å². The lowest BCUT2D eigenvalue weighted by Crippen LogP contribution is -2.49. The molecule has 140 valence electrons. The monoisotopic (exact) mass is 394 g/mol. The normalized spacial score (nSPS) is 13.3. The zero-order valence-corrected chi connectivity index (χ0v) is 17.8. The minimum absolute atomic E-state index is 0.00569. The first kappa shape index (κ1) is 19.8. The van der Waals surface area contributed by atoms with Crippen LogP contribution in [0.3, 0.4) is 0 Å². The van der Waals surface area contributed by atoms with Crippen molar-refractivity contribution in [3.63, 3.8) is 0 Å². The molecule has 3 rings (SSSR count). The zero-order valence-electron chi connectivity index (χ0n) is 16.0. The summed E-state index contributed by atoms with van der Waals surface area (Å²) in [6, 6.07) is 29.9. The fraction of sp³-hybridized carbons (Fsp3) is 0.217. The Hall–Kier alpha value is -1.93. The van der Waals surface area contributed by atoms with E-state index in [-0.39, 0.29) is 12.1 Å². The van der Waals surface area contributed by atoms with Crippen LogP contribution in [0, 0.1) is 0 Å². The van der Waals surface area contributed by atoms with Crippen LogP contribution in [-0.2, 0) is 4.57 Å². The highest BCUT2D eigenvalue weighted by atomic mass is 31.2. The van der Waals surface area contributed by atoms with Gasteiger partial charge in [-0.25, -0.2) is 0 Å². The summed E-state index contributed by atoms with van der Waals surface area (Å²) in [5, 5.41) is 13.3. The van der Waals surface area contributed by atoms with Crippen molar-refractivity contribution in [3.8, 4) is 0 Å². The van der Waals surface area contributed by atoms with Crippen LogP contribution < -0.4 is 15.8 Å². The lowest BCUT2D eigenvalue weighted by molar-refractivity contribution is 0.293. The van der Waals surface area contributed by atoms with Gasteiger partial charge in [0.2, 0.25) is 0 Å². The van der Waals surface area contributed by atoms with E-state index in [1.54, 1.807) is 0 Å². The second-order valence-electron chi connectivity index (χ2n) is 7.56. The van der Waals surface area contributed by atoms with Crippen LogP contribution in [0.15, 0.2) is 91.0 Å². The molecule has 0 saturated heterocycles. The molecule has 0 heterocycles. The van der Waals surface area contributed by atoms with Gasteiger partial charge in [-0.05, 0) is 5.54 Å². The standard InChI is InChI=1S/C23H27O2PSi/c1-27(2,22-16-10-5-11-17-22)23(18-24)19-26(25,20-12-6-3-7-13-20)21-14-8-4-9-15-21/h3-17,23-24H,18-19H2,1-2H3/t23-/m0/s1. The summed E-state index contributed by atoms with van der Waals surface area (Å²) in [6.07, 6.45) is 0.492. The van der Waals surface area contributed by atoms with E-state index in [1.165, 1.54) is 5.19 Å². The minimum atomic E-state index is -2.84. The van der Waals surface area contributed by atoms with Crippen LogP contribution in [0.25, 0.3) is 0 Å². The lowest BCUT2D eigenvalue weighted by Gasteiger charge is -2.34. The van der Waals surface area contributed by atoms with Gasteiger partial charge >= 0.3 is 0 Å². The first-order valence-electron chi connectivity index (χ1n) is 9.35. The highest BCUT2D eigenvalue weighted by molar-refractivity contribution is 7.78. The molecule has 0 amide bonds. The molecular weight excluding hydrogens is 367 g/mol. The molecule has 0 aliphatic carbocycles. The van der Waals surface area contributed by atoms with Gasteiger partial charge < -0.3 is 9.67 Å². The van der Waals surface area contributed by atoms with Crippen molar-refractivity contribution < 1.29 is 9.67 Å². The van der Waals surface area contributed by atoms with Crippen molar-refractivity contribution in [2.45, 2.75) is 18.6 Å². The summed E-state index contributed by atoms with van der Waals surface area (Å²) in [5.74, 6) is 0. The van der Waals surface area contributed by atoms with Crippen molar-refractivity contribution in [1.29, 1.82) is 0 Å². The first-order chi connectivity index (χ1) is 13.0. The minimum Gasteiger partial charge on any atom is -0.396 e. The molecular formula is C23H27O2PSi.